The lowest BCUT2D eigenvalue weighted by Gasteiger charge is -2.32. The normalized spacial score (nSPS) is 18.4. The van der Waals surface area contributed by atoms with Crippen molar-refractivity contribution in [2.24, 2.45) is 5.73 Å². The second-order valence-electron chi connectivity index (χ2n) is 5.22. The molecule has 1 aromatic carbocycles. The smallest absolute Gasteiger partial charge is 0.240 e. The van der Waals surface area contributed by atoms with Crippen LogP contribution in [0.25, 0.3) is 0 Å². The second-order valence-corrected chi connectivity index (χ2v) is 6.73. The maximum Gasteiger partial charge on any atom is 0.240 e. The van der Waals surface area contributed by atoms with E-state index in [-0.39, 0.29) is 18.3 Å². The van der Waals surface area contributed by atoms with Gasteiger partial charge in [0.2, 0.25) is 5.91 Å². The number of nitrogens with two attached hydrogens (primary N) is 1. The summed E-state index contributed by atoms with van der Waals surface area (Å²) in [5, 5.41) is 3.28. The average molecular weight is 331 g/mol. The number of thioether (sulfide) groups is 1. The number of rotatable bonds is 5. The van der Waals surface area contributed by atoms with Crippen molar-refractivity contribution in [2.45, 2.75) is 35.4 Å². The molecular weight excluding hydrogens is 308 g/mol. The number of carbonyl (C=O) groups is 1. The van der Waals surface area contributed by atoms with E-state index in [2.05, 4.69) is 24.4 Å². The molecule has 6 heteroatoms. The molecule has 21 heavy (non-hydrogen) atoms. The molecule has 1 aromatic rings. The molecule has 0 aromatic heterocycles. The van der Waals surface area contributed by atoms with Crippen LogP contribution in [-0.4, -0.2) is 36.5 Å². The Hall–Kier alpha value is -0.750. The molecule has 3 N–H and O–H groups in total. The highest BCUT2D eigenvalue weighted by molar-refractivity contribution is 8.00. The van der Waals surface area contributed by atoms with Crippen molar-refractivity contribution in [1.29, 1.82) is 0 Å². The predicted octanol–water partition coefficient (Wildman–Crippen LogP) is 2.21. The highest BCUT2D eigenvalue weighted by atomic mass is 35.5. The Morgan fingerprint density at radius 2 is 2.00 bits per heavy atom. The highest BCUT2D eigenvalue weighted by Gasteiger charge is 2.35. The summed E-state index contributed by atoms with van der Waals surface area (Å²) in [5.41, 5.74) is 5.39. The zero-order valence-electron chi connectivity index (χ0n) is 12.2. The fourth-order valence-electron chi connectivity index (χ4n) is 2.15. The van der Waals surface area contributed by atoms with Crippen LogP contribution in [0.4, 0.5) is 0 Å². The van der Waals surface area contributed by atoms with E-state index < -0.39 is 5.54 Å². The van der Waals surface area contributed by atoms with Gasteiger partial charge in [0.1, 0.15) is 0 Å². The Labute approximate surface area is 136 Å². The van der Waals surface area contributed by atoms with Gasteiger partial charge in [0, 0.05) is 29.9 Å². The first-order valence-corrected chi connectivity index (χ1v) is 7.85. The zero-order valence-corrected chi connectivity index (χ0v) is 13.8. The summed E-state index contributed by atoms with van der Waals surface area (Å²) in [4.78, 5) is 13.4. The fraction of sp³-hybridized carbons (Fsp3) is 0.533. The third-order valence-electron chi connectivity index (χ3n) is 3.47. The van der Waals surface area contributed by atoms with Gasteiger partial charge >= 0.3 is 0 Å². The Morgan fingerprint density at radius 1 is 1.38 bits per heavy atom. The van der Waals surface area contributed by atoms with Crippen molar-refractivity contribution in [1.82, 2.24) is 5.32 Å². The van der Waals surface area contributed by atoms with E-state index in [1.54, 1.807) is 11.8 Å². The molecule has 0 aliphatic carbocycles. The molecule has 2 rings (SSSR count). The molecule has 1 atom stereocenters. The molecule has 1 amide bonds. The molecule has 1 aliphatic heterocycles. The summed E-state index contributed by atoms with van der Waals surface area (Å²) < 4.78 is 5.26. The van der Waals surface area contributed by atoms with Crippen molar-refractivity contribution in [2.75, 3.05) is 19.8 Å². The van der Waals surface area contributed by atoms with Gasteiger partial charge in [-0.15, -0.1) is 24.2 Å². The number of halogens is 1. The van der Waals surface area contributed by atoms with Crippen LogP contribution in [-0.2, 0) is 9.53 Å². The quantitative estimate of drug-likeness (QED) is 0.812. The van der Waals surface area contributed by atoms with E-state index in [0.29, 0.717) is 37.9 Å². The molecule has 4 nitrogen and oxygen atoms in total. The molecule has 118 valence electrons. The van der Waals surface area contributed by atoms with Crippen LogP contribution in [0.2, 0.25) is 0 Å². The van der Waals surface area contributed by atoms with Crippen molar-refractivity contribution < 1.29 is 9.53 Å². The largest absolute Gasteiger partial charge is 0.381 e. The average Bonchev–Trinajstić information content (AvgIpc) is 2.46. The van der Waals surface area contributed by atoms with Gasteiger partial charge in [-0.1, -0.05) is 25.1 Å². The van der Waals surface area contributed by atoms with E-state index in [4.69, 9.17) is 10.5 Å². The van der Waals surface area contributed by atoms with Crippen LogP contribution in [0.15, 0.2) is 35.2 Å². The maximum absolute atomic E-state index is 12.2. The number of ether oxygens (including phenoxy) is 1. The monoisotopic (exact) mass is 330 g/mol. The standard InChI is InChI=1S/C15H22N2O2S.ClH/c1-12(20-13-5-3-2-4-6-13)11-17-14(18)15(16)7-9-19-10-8-15;/h2-6,12H,7-11,16H2,1H3,(H,17,18);1H. The Balaban J connectivity index is 0.00000220. The van der Waals surface area contributed by atoms with E-state index in [0.717, 1.165) is 0 Å². The molecule has 0 saturated carbocycles. The Kier molecular flexibility index (Phi) is 7.52. The molecule has 1 fully saturated rings. The number of hydrogen-bond donors (Lipinski definition) is 2. The van der Waals surface area contributed by atoms with E-state index in [1.807, 2.05) is 18.2 Å². The van der Waals surface area contributed by atoms with Crippen LogP contribution in [0.1, 0.15) is 19.8 Å². The lowest BCUT2D eigenvalue weighted by molar-refractivity contribution is -0.129. The molecule has 1 aliphatic rings. The fourth-order valence-corrected chi connectivity index (χ4v) is 3.09. The summed E-state index contributed by atoms with van der Waals surface area (Å²) in [7, 11) is 0. The predicted molar refractivity (Wildman–Crippen MR) is 89.0 cm³/mol. The number of benzene rings is 1. The molecule has 1 unspecified atom stereocenters. The van der Waals surface area contributed by atoms with Crippen molar-refractivity contribution >= 4 is 30.1 Å². The van der Waals surface area contributed by atoms with Crippen LogP contribution < -0.4 is 11.1 Å². The summed E-state index contributed by atoms with van der Waals surface area (Å²) in [6.07, 6.45) is 1.19. The lowest BCUT2D eigenvalue weighted by Crippen LogP contribution is -2.57. The van der Waals surface area contributed by atoms with Gasteiger partial charge in [-0.25, -0.2) is 0 Å². The number of amides is 1. The van der Waals surface area contributed by atoms with Gasteiger partial charge in [0.25, 0.3) is 0 Å². The Bertz CT molecular complexity index is 439. The number of carbonyl (C=O) groups excluding carboxylic acids is 1. The number of hydrogen-bond acceptors (Lipinski definition) is 4. The molecule has 1 saturated heterocycles. The van der Waals surface area contributed by atoms with Crippen LogP contribution in [0, 0.1) is 0 Å². The SMILES string of the molecule is CC(CNC(=O)C1(N)CCOCC1)Sc1ccccc1.Cl. The first kappa shape index (κ1) is 18.3. The Morgan fingerprint density at radius 3 is 2.62 bits per heavy atom. The summed E-state index contributed by atoms with van der Waals surface area (Å²) in [6, 6.07) is 10.2. The topological polar surface area (TPSA) is 64.4 Å². The van der Waals surface area contributed by atoms with Gasteiger partial charge < -0.3 is 15.8 Å². The third-order valence-corrected chi connectivity index (χ3v) is 4.58. The molecule has 0 spiro atoms. The molecular formula is C15H23ClN2O2S. The highest BCUT2D eigenvalue weighted by Crippen LogP contribution is 2.22. The summed E-state index contributed by atoms with van der Waals surface area (Å²) >= 11 is 1.75. The van der Waals surface area contributed by atoms with Gasteiger partial charge in [0.15, 0.2) is 0 Å². The van der Waals surface area contributed by atoms with Crippen molar-refractivity contribution in [3.05, 3.63) is 30.3 Å². The van der Waals surface area contributed by atoms with Crippen LogP contribution >= 0.6 is 24.2 Å². The van der Waals surface area contributed by atoms with Crippen LogP contribution in [0.5, 0.6) is 0 Å². The first-order valence-electron chi connectivity index (χ1n) is 6.97. The molecule has 0 bridgehead atoms. The van der Waals surface area contributed by atoms with E-state index in [1.165, 1.54) is 4.90 Å². The molecule has 1 heterocycles. The third kappa shape index (κ3) is 5.51. The van der Waals surface area contributed by atoms with Crippen LogP contribution in [0.3, 0.4) is 0 Å². The number of nitrogens with one attached hydrogen (secondary N) is 1. The minimum atomic E-state index is -0.755. The first-order chi connectivity index (χ1) is 9.60. The minimum absolute atomic E-state index is 0. The summed E-state index contributed by atoms with van der Waals surface area (Å²) in [6.45, 7) is 3.86. The van der Waals surface area contributed by atoms with Gasteiger partial charge in [-0.2, -0.15) is 0 Å². The van der Waals surface area contributed by atoms with Gasteiger partial charge in [0.05, 0.1) is 5.54 Å². The maximum atomic E-state index is 12.2. The van der Waals surface area contributed by atoms with Crippen molar-refractivity contribution in [3.8, 4) is 0 Å². The lowest BCUT2D eigenvalue weighted by atomic mass is 9.90. The summed E-state index contributed by atoms with van der Waals surface area (Å²) in [5.74, 6) is -0.0543. The van der Waals surface area contributed by atoms with Crippen molar-refractivity contribution in [3.63, 3.8) is 0 Å². The molecule has 0 radical (unpaired) electrons. The van der Waals surface area contributed by atoms with E-state index in [9.17, 15) is 4.79 Å². The van der Waals surface area contributed by atoms with Gasteiger partial charge in [-0.3, -0.25) is 4.79 Å². The minimum Gasteiger partial charge on any atom is -0.381 e. The van der Waals surface area contributed by atoms with E-state index >= 15 is 0 Å². The zero-order chi connectivity index (χ0) is 14.4. The van der Waals surface area contributed by atoms with Gasteiger partial charge in [-0.05, 0) is 25.0 Å². The second kappa shape index (κ2) is 8.63.